The summed E-state index contributed by atoms with van der Waals surface area (Å²) in [4.78, 5) is 3.75. The van der Waals surface area contributed by atoms with Crippen molar-refractivity contribution in [3.63, 3.8) is 0 Å². The third kappa shape index (κ3) is 4.01. The molecule has 0 aromatic heterocycles. The fraction of sp³-hybridized carbons (Fsp3) is 0.400. The third-order valence-electron chi connectivity index (χ3n) is 4.82. The van der Waals surface area contributed by atoms with Crippen molar-refractivity contribution in [1.82, 2.24) is 0 Å². The summed E-state index contributed by atoms with van der Waals surface area (Å²) in [6.07, 6.45) is -3.59. The quantitative estimate of drug-likeness (QED) is 0.413. The molecule has 0 N–H and O–H groups in total. The molecule has 0 spiro atoms. The van der Waals surface area contributed by atoms with Crippen molar-refractivity contribution in [2.75, 3.05) is 6.61 Å². The van der Waals surface area contributed by atoms with Gasteiger partial charge in [-0.3, -0.25) is 0 Å². The first kappa shape index (κ1) is 19.2. The largest absolute Gasteiger partial charge is 0.358 e. The summed E-state index contributed by atoms with van der Waals surface area (Å²) in [6.45, 7) is 2.20. The Morgan fingerprint density at radius 1 is 1.11 bits per heavy atom. The van der Waals surface area contributed by atoms with E-state index in [4.69, 9.17) is 19.7 Å². The van der Waals surface area contributed by atoms with Crippen molar-refractivity contribution in [2.45, 2.75) is 48.0 Å². The van der Waals surface area contributed by atoms with Gasteiger partial charge in [-0.2, -0.15) is 0 Å². The van der Waals surface area contributed by atoms with Gasteiger partial charge in [0.1, 0.15) is 29.9 Å². The molecule has 2 aliphatic heterocycles. The first-order chi connectivity index (χ1) is 13.7. The van der Waals surface area contributed by atoms with Crippen LogP contribution in [0.1, 0.15) is 17.4 Å². The maximum atomic E-state index is 15.3. The Bertz CT molecular complexity index is 848. The topological polar surface area (TPSA) is 76.5 Å². The van der Waals surface area contributed by atoms with Gasteiger partial charge in [0.15, 0.2) is 6.29 Å². The lowest BCUT2D eigenvalue weighted by Crippen LogP contribution is -2.58. The van der Waals surface area contributed by atoms with E-state index < -0.39 is 36.1 Å². The van der Waals surface area contributed by atoms with E-state index in [9.17, 15) is 0 Å². The van der Waals surface area contributed by atoms with Crippen LogP contribution in [0.15, 0.2) is 64.6 Å². The lowest BCUT2D eigenvalue weighted by atomic mass is 9.98. The first-order valence-corrected chi connectivity index (χ1v) is 9.93. The molecule has 0 saturated carbocycles. The van der Waals surface area contributed by atoms with E-state index in [0.717, 1.165) is 16.0 Å². The Balaban J connectivity index is 1.52. The van der Waals surface area contributed by atoms with E-state index in [0.29, 0.717) is 0 Å². The number of hydrogen-bond acceptors (Lipinski definition) is 5. The fourth-order valence-electron chi connectivity index (χ4n) is 3.35. The van der Waals surface area contributed by atoms with Crippen molar-refractivity contribution in [3.05, 3.63) is 76.2 Å². The number of azide groups is 1. The van der Waals surface area contributed by atoms with Crippen LogP contribution in [0, 0.1) is 6.92 Å². The minimum Gasteiger partial charge on any atom is -0.358 e. The second-order valence-electron chi connectivity index (χ2n) is 6.79. The van der Waals surface area contributed by atoms with Gasteiger partial charge in [-0.15, -0.1) is 0 Å². The van der Waals surface area contributed by atoms with Crippen LogP contribution in [-0.2, 0) is 14.2 Å². The Labute approximate surface area is 166 Å². The van der Waals surface area contributed by atoms with Crippen LogP contribution in [0.5, 0.6) is 0 Å². The molecule has 2 saturated heterocycles. The van der Waals surface area contributed by atoms with Gasteiger partial charge >= 0.3 is 0 Å². The Morgan fingerprint density at radius 3 is 2.57 bits per heavy atom. The number of benzene rings is 2. The first-order valence-electron chi connectivity index (χ1n) is 9.05. The molecule has 0 amide bonds. The predicted molar refractivity (Wildman–Crippen MR) is 104 cm³/mol. The van der Waals surface area contributed by atoms with Gasteiger partial charge in [0.05, 0.1) is 6.61 Å². The number of nitrogens with zero attached hydrogens (tertiary/aromatic N) is 3. The van der Waals surface area contributed by atoms with E-state index >= 15 is 4.39 Å². The molecule has 2 heterocycles. The molecule has 8 heteroatoms. The molecule has 28 heavy (non-hydrogen) atoms. The zero-order valence-electron chi connectivity index (χ0n) is 15.2. The minimum absolute atomic E-state index is 0.207. The van der Waals surface area contributed by atoms with Crippen LogP contribution < -0.4 is 0 Å². The van der Waals surface area contributed by atoms with E-state index in [2.05, 4.69) is 10.0 Å². The van der Waals surface area contributed by atoms with Gasteiger partial charge in [0.2, 0.25) is 0 Å². The van der Waals surface area contributed by atoms with Crippen LogP contribution in [0.4, 0.5) is 4.39 Å². The lowest BCUT2D eigenvalue weighted by molar-refractivity contribution is -0.297. The maximum absolute atomic E-state index is 15.3. The van der Waals surface area contributed by atoms with Gasteiger partial charge < -0.3 is 14.2 Å². The summed E-state index contributed by atoms with van der Waals surface area (Å²) in [5.41, 5.74) is 10.2. The van der Waals surface area contributed by atoms with Gasteiger partial charge in [-0.1, -0.05) is 64.9 Å². The highest BCUT2D eigenvalue weighted by Crippen LogP contribution is 2.41. The number of alkyl halides is 1. The molecule has 6 nitrogen and oxygen atoms in total. The summed E-state index contributed by atoms with van der Waals surface area (Å²) >= 11 is 1.34. The summed E-state index contributed by atoms with van der Waals surface area (Å²) in [5, 5.41) is 3.69. The van der Waals surface area contributed by atoms with Crippen LogP contribution in [-0.4, -0.2) is 36.5 Å². The van der Waals surface area contributed by atoms with E-state index in [1.54, 1.807) is 0 Å². The minimum atomic E-state index is -1.49. The highest BCUT2D eigenvalue weighted by molar-refractivity contribution is 7.99. The van der Waals surface area contributed by atoms with Crippen molar-refractivity contribution in [2.24, 2.45) is 5.11 Å². The lowest BCUT2D eigenvalue weighted by Gasteiger charge is -2.45. The SMILES string of the molecule is Cc1ccc(S[C@@H]2O[C@@H]3COC(c4ccccc4)O[C@H]3[C@H](F)[C@H]2N=[N+]=[N-])cc1. The summed E-state index contributed by atoms with van der Waals surface area (Å²) in [5.74, 6) is 0. The molecule has 4 rings (SSSR count). The van der Waals surface area contributed by atoms with E-state index in [1.807, 2.05) is 61.5 Å². The standard InChI is InChI=1S/C20H20FN3O3S/c1-12-7-9-14(10-8-12)28-20-17(23-24-22)16(21)18-15(26-20)11-25-19(27-18)13-5-3-2-4-6-13/h2-10,15-20H,11H2,1H3/t15-,16-,17-,18-,19?,20+/m1/s1. The zero-order valence-corrected chi connectivity index (χ0v) is 16.0. The van der Waals surface area contributed by atoms with Crippen molar-refractivity contribution >= 4 is 11.8 Å². The van der Waals surface area contributed by atoms with E-state index in [-0.39, 0.29) is 6.61 Å². The molecule has 146 valence electrons. The van der Waals surface area contributed by atoms with Crippen molar-refractivity contribution < 1.29 is 18.6 Å². The van der Waals surface area contributed by atoms with E-state index in [1.165, 1.54) is 11.8 Å². The van der Waals surface area contributed by atoms with Crippen molar-refractivity contribution in [1.29, 1.82) is 0 Å². The number of rotatable bonds is 4. The van der Waals surface area contributed by atoms with Crippen LogP contribution in [0.25, 0.3) is 10.4 Å². The molecule has 2 fully saturated rings. The monoisotopic (exact) mass is 401 g/mol. The molecule has 2 aromatic rings. The molecule has 0 radical (unpaired) electrons. The van der Waals surface area contributed by atoms with Gasteiger partial charge in [0.25, 0.3) is 0 Å². The summed E-state index contributed by atoms with van der Waals surface area (Å²) in [6, 6.07) is 16.2. The highest BCUT2D eigenvalue weighted by atomic mass is 32.2. The fourth-order valence-corrected chi connectivity index (χ4v) is 4.46. The Morgan fingerprint density at radius 2 is 1.86 bits per heavy atom. The van der Waals surface area contributed by atoms with Crippen LogP contribution in [0.3, 0.4) is 0 Å². The Kier molecular flexibility index (Phi) is 5.85. The Hall–Kier alpha value is -2.09. The molecule has 1 unspecified atom stereocenters. The normalized spacial score (nSPS) is 32.2. The number of thioether (sulfide) groups is 1. The molecule has 0 bridgehead atoms. The van der Waals surface area contributed by atoms with Gasteiger partial charge in [-0.05, 0) is 24.6 Å². The number of fused-ring (bicyclic) bond motifs is 1. The number of halogens is 1. The van der Waals surface area contributed by atoms with Gasteiger partial charge in [0, 0.05) is 15.4 Å². The summed E-state index contributed by atoms with van der Waals surface area (Å²) in [7, 11) is 0. The molecule has 6 atom stereocenters. The highest BCUT2D eigenvalue weighted by Gasteiger charge is 2.50. The number of ether oxygens (including phenoxy) is 3. The second kappa shape index (κ2) is 8.51. The third-order valence-corrected chi connectivity index (χ3v) is 5.98. The average molecular weight is 401 g/mol. The average Bonchev–Trinajstić information content (AvgIpc) is 2.73. The maximum Gasteiger partial charge on any atom is 0.184 e. The summed E-state index contributed by atoms with van der Waals surface area (Å²) < 4.78 is 33.0. The predicted octanol–water partition coefficient (Wildman–Crippen LogP) is 4.94. The smallest absolute Gasteiger partial charge is 0.184 e. The zero-order chi connectivity index (χ0) is 19.5. The molecular weight excluding hydrogens is 381 g/mol. The van der Waals surface area contributed by atoms with Crippen molar-refractivity contribution in [3.8, 4) is 0 Å². The van der Waals surface area contributed by atoms with Gasteiger partial charge in [-0.25, -0.2) is 4.39 Å². The molecular formula is C20H20FN3O3S. The van der Waals surface area contributed by atoms with Crippen LogP contribution in [0.2, 0.25) is 0 Å². The molecule has 2 aromatic carbocycles. The number of hydrogen-bond donors (Lipinski definition) is 0. The molecule has 2 aliphatic rings. The second-order valence-corrected chi connectivity index (χ2v) is 7.96. The number of aryl methyl sites for hydroxylation is 1. The van der Waals surface area contributed by atoms with Crippen LogP contribution >= 0.6 is 11.8 Å². The molecule has 0 aliphatic carbocycles.